The number of nitriles is 1. The van der Waals surface area contributed by atoms with Crippen LogP contribution >= 0.6 is 11.8 Å². The zero-order valence-corrected chi connectivity index (χ0v) is 10.9. The molecule has 0 aromatic carbocycles. The Morgan fingerprint density at radius 1 is 1.44 bits per heavy atom. The van der Waals surface area contributed by atoms with E-state index in [2.05, 4.69) is 37.9 Å². The van der Waals surface area contributed by atoms with Crippen LogP contribution in [0.4, 0.5) is 0 Å². The number of pyridine rings is 1. The van der Waals surface area contributed by atoms with Crippen LogP contribution in [0.5, 0.6) is 0 Å². The fraction of sp³-hybridized carbons (Fsp3) is 0.538. The molecule has 0 fully saturated rings. The first-order valence-electron chi connectivity index (χ1n) is 5.63. The molecule has 86 valence electrons. The maximum Gasteiger partial charge on any atom is 0.0628 e. The summed E-state index contributed by atoms with van der Waals surface area (Å²) in [6.07, 6.45) is 4.35. The maximum absolute atomic E-state index is 8.84. The summed E-state index contributed by atoms with van der Waals surface area (Å²) in [5.74, 6) is 1.83. The zero-order valence-electron chi connectivity index (χ0n) is 10.1. The summed E-state index contributed by atoms with van der Waals surface area (Å²) in [5.41, 5.74) is 1.19. The average Bonchev–Trinajstić information content (AvgIpc) is 2.26. The summed E-state index contributed by atoms with van der Waals surface area (Å²) >= 11 is 1.79. The van der Waals surface area contributed by atoms with E-state index in [4.69, 9.17) is 5.26 Å². The molecule has 1 aromatic heterocycles. The van der Waals surface area contributed by atoms with Crippen molar-refractivity contribution in [1.29, 1.82) is 5.26 Å². The molecule has 0 aliphatic carbocycles. The van der Waals surface area contributed by atoms with Gasteiger partial charge in [0.1, 0.15) is 0 Å². The van der Waals surface area contributed by atoms with E-state index in [1.54, 1.807) is 11.8 Å². The minimum absolute atomic E-state index is 0.301. The van der Waals surface area contributed by atoms with Crippen molar-refractivity contribution >= 4 is 11.8 Å². The van der Waals surface area contributed by atoms with Gasteiger partial charge in [-0.3, -0.25) is 4.98 Å². The molecular formula is C13H18N2S. The van der Waals surface area contributed by atoms with Gasteiger partial charge in [-0.25, -0.2) is 0 Å². The normalized spacial score (nSPS) is 12.4. The van der Waals surface area contributed by atoms with E-state index >= 15 is 0 Å². The number of nitrogens with zero attached hydrogens (tertiary/aromatic N) is 2. The Labute approximate surface area is 102 Å². The summed E-state index contributed by atoms with van der Waals surface area (Å²) in [5, 5.41) is 8.84. The van der Waals surface area contributed by atoms with E-state index in [-0.39, 0.29) is 0 Å². The van der Waals surface area contributed by atoms with Gasteiger partial charge in [0, 0.05) is 29.6 Å². The van der Waals surface area contributed by atoms with Gasteiger partial charge in [-0.15, -0.1) is 11.8 Å². The third-order valence-electron chi connectivity index (χ3n) is 2.59. The minimum atomic E-state index is 0.301. The van der Waals surface area contributed by atoms with Crippen LogP contribution in [0, 0.1) is 17.2 Å². The molecule has 1 unspecified atom stereocenters. The highest BCUT2D eigenvalue weighted by atomic mass is 32.2. The Balaban J connectivity index is 2.91. The minimum Gasteiger partial charge on any atom is -0.263 e. The molecule has 0 saturated carbocycles. The molecule has 3 heteroatoms. The molecule has 0 bridgehead atoms. The fourth-order valence-electron chi connectivity index (χ4n) is 1.72. The standard InChI is InChI=1S/C13H18N2S/c1-4-16-12-7-11(8-15-9-12)13(5-6-14)10(2)3/h7-10,13H,4-5H2,1-3H3. The van der Waals surface area contributed by atoms with Crippen molar-refractivity contribution in [2.45, 2.75) is 38.0 Å². The molecule has 1 atom stereocenters. The maximum atomic E-state index is 8.84. The van der Waals surface area contributed by atoms with Gasteiger partial charge in [-0.2, -0.15) is 5.26 Å². The van der Waals surface area contributed by atoms with Gasteiger partial charge in [0.25, 0.3) is 0 Å². The lowest BCUT2D eigenvalue weighted by Gasteiger charge is -2.18. The highest BCUT2D eigenvalue weighted by molar-refractivity contribution is 7.99. The third-order valence-corrected chi connectivity index (χ3v) is 3.43. The van der Waals surface area contributed by atoms with Crippen LogP contribution in [0.2, 0.25) is 0 Å². The molecule has 0 aliphatic rings. The lowest BCUT2D eigenvalue weighted by Crippen LogP contribution is -2.06. The molecule has 1 rings (SSSR count). The first kappa shape index (κ1) is 13.1. The van der Waals surface area contributed by atoms with Crippen LogP contribution in [0.15, 0.2) is 23.4 Å². The number of hydrogen-bond donors (Lipinski definition) is 0. The second-order valence-electron chi connectivity index (χ2n) is 4.10. The zero-order chi connectivity index (χ0) is 12.0. The summed E-state index contributed by atoms with van der Waals surface area (Å²) in [4.78, 5) is 5.46. The van der Waals surface area contributed by atoms with E-state index in [9.17, 15) is 0 Å². The van der Waals surface area contributed by atoms with Crippen molar-refractivity contribution in [2.24, 2.45) is 5.92 Å². The Kier molecular flexibility index (Phi) is 5.34. The number of hydrogen-bond acceptors (Lipinski definition) is 3. The van der Waals surface area contributed by atoms with Gasteiger partial charge < -0.3 is 0 Å². The Bertz CT molecular complexity index is 368. The van der Waals surface area contributed by atoms with Crippen LogP contribution in [-0.2, 0) is 0 Å². The monoisotopic (exact) mass is 234 g/mol. The lowest BCUT2D eigenvalue weighted by atomic mass is 9.87. The Hall–Kier alpha value is -1.01. The summed E-state index contributed by atoms with van der Waals surface area (Å²) in [6, 6.07) is 4.43. The molecule has 0 radical (unpaired) electrons. The second-order valence-corrected chi connectivity index (χ2v) is 5.44. The van der Waals surface area contributed by atoms with Crippen LogP contribution in [0.1, 0.15) is 38.7 Å². The van der Waals surface area contributed by atoms with E-state index in [0.717, 1.165) is 5.75 Å². The number of rotatable bonds is 5. The molecule has 1 heterocycles. The van der Waals surface area contributed by atoms with Crippen LogP contribution in [0.25, 0.3) is 0 Å². The van der Waals surface area contributed by atoms with Crippen molar-refractivity contribution in [1.82, 2.24) is 4.98 Å². The number of aromatic nitrogens is 1. The van der Waals surface area contributed by atoms with E-state index in [0.29, 0.717) is 18.3 Å². The van der Waals surface area contributed by atoms with Gasteiger partial charge in [0.2, 0.25) is 0 Å². The van der Waals surface area contributed by atoms with Gasteiger partial charge >= 0.3 is 0 Å². The van der Waals surface area contributed by atoms with Gasteiger partial charge in [0.05, 0.1) is 6.07 Å². The van der Waals surface area contributed by atoms with Crippen molar-refractivity contribution in [3.63, 3.8) is 0 Å². The van der Waals surface area contributed by atoms with E-state index in [1.165, 1.54) is 10.5 Å². The first-order chi connectivity index (χ1) is 7.69. The molecule has 0 saturated heterocycles. The number of thioether (sulfide) groups is 1. The van der Waals surface area contributed by atoms with Gasteiger partial charge in [0.15, 0.2) is 0 Å². The molecule has 2 nitrogen and oxygen atoms in total. The quantitative estimate of drug-likeness (QED) is 0.726. The Morgan fingerprint density at radius 2 is 2.19 bits per heavy atom. The summed E-state index contributed by atoms with van der Waals surface area (Å²) in [6.45, 7) is 6.44. The van der Waals surface area contributed by atoms with Crippen molar-refractivity contribution in [2.75, 3.05) is 5.75 Å². The van der Waals surface area contributed by atoms with Crippen molar-refractivity contribution in [3.05, 3.63) is 24.0 Å². The van der Waals surface area contributed by atoms with Crippen molar-refractivity contribution in [3.8, 4) is 6.07 Å². The van der Waals surface area contributed by atoms with Crippen LogP contribution < -0.4 is 0 Å². The fourth-order valence-corrected chi connectivity index (χ4v) is 2.41. The predicted molar refractivity (Wildman–Crippen MR) is 68.4 cm³/mol. The molecular weight excluding hydrogens is 216 g/mol. The molecule has 0 N–H and O–H groups in total. The van der Waals surface area contributed by atoms with E-state index < -0.39 is 0 Å². The topological polar surface area (TPSA) is 36.7 Å². The van der Waals surface area contributed by atoms with Gasteiger partial charge in [-0.1, -0.05) is 20.8 Å². The average molecular weight is 234 g/mol. The Morgan fingerprint density at radius 3 is 2.75 bits per heavy atom. The molecule has 0 spiro atoms. The molecule has 0 amide bonds. The summed E-state index contributed by atoms with van der Waals surface area (Å²) < 4.78 is 0. The predicted octanol–water partition coefficient (Wildman–Crippen LogP) is 3.85. The van der Waals surface area contributed by atoms with E-state index in [1.807, 2.05) is 12.4 Å². The van der Waals surface area contributed by atoms with Crippen LogP contribution in [-0.4, -0.2) is 10.7 Å². The first-order valence-corrected chi connectivity index (χ1v) is 6.62. The smallest absolute Gasteiger partial charge is 0.0628 e. The third kappa shape index (κ3) is 3.53. The van der Waals surface area contributed by atoms with Crippen molar-refractivity contribution < 1.29 is 0 Å². The highest BCUT2D eigenvalue weighted by Gasteiger charge is 2.16. The molecule has 16 heavy (non-hydrogen) atoms. The molecule has 1 aromatic rings. The second kappa shape index (κ2) is 6.55. The SMILES string of the molecule is CCSc1cncc(C(CC#N)C(C)C)c1. The summed E-state index contributed by atoms with van der Waals surface area (Å²) in [7, 11) is 0. The van der Waals surface area contributed by atoms with Crippen LogP contribution in [0.3, 0.4) is 0 Å². The highest BCUT2D eigenvalue weighted by Crippen LogP contribution is 2.29. The largest absolute Gasteiger partial charge is 0.263 e. The lowest BCUT2D eigenvalue weighted by molar-refractivity contribution is 0.504. The van der Waals surface area contributed by atoms with Gasteiger partial charge in [-0.05, 0) is 23.3 Å². The molecule has 0 aliphatic heterocycles.